The maximum absolute atomic E-state index is 10.7. The molecule has 0 aliphatic rings. The van der Waals surface area contributed by atoms with Crippen LogP contribution in [0, 0.1) is 17.0 Å². The highest BCUT2D eigenvalue weighted by Crippen LogP contribution is 2.24. The average molecular weight is 263 g/mol. The van der Waals surface area contributed by atoms with Gasteiger partial charge in [-0.2, -0.15) is 0 Å². The smallest absolute Gasteiger partial charge is 0.290 e. The van der Waals surface area contributed by atoms with E-state index >= 15 is 0 Å². The van der Waals surface area contributed by atoms with E-state index in [1.807, 2.05) is 24.4 Å². The number of aromatic nitrogens is 1. The van der Waals surface area contributed by atoms with Gasteiger partial charge in [0.2, 0.25) is 0 Å². The molecule has 1 N–H and O–H groups in total. The summed E-state index contributed by atoms with van der Waals surface area (Å²) in [6.45, 7) is 3.67. The molecule has 0 saturated carbocycles. The van der Waals surface area contributed by atoms with Gasteiger partial charge in [0, 0.05) is 10.9 Å². The molecule has 2 rings (SSSR count). The quantitative estimate of drug-likeness (QED) is 0.676. The molecule has 0 aliphatic carbocycles. The number of anilines is 1. The number of pyridine rings is 1. The summed E-state index contributed by atoms with van der Waals surface area (Å²) in [4.78, 5) is 15.7. The molecule has 0 amide bonds. The number of nitro groups is 1. The van der Waals surface area contributed by atoms with Crippen molar-refractivity contribution in [1.82, 2.24) is 4.98 Å². The van der Waals surface area contributed by atoms with Crippen LogP contribution < -0.4 is 5.32 Å². The fraction of sp³-hybridized carbons (Fsp3) is 0.250. The lowest BCUT2D eigenvalue weighted by Gasteiger charge is -2.13. The monoisotopic (exact) mass is 263 g/mol. The normalized spacial score (nSPS) is 12.1. The summed E-state index contributed by atoms with van der Waals surface area (Å²) in [6, 6.07) is 7.28. The summed E-state index contributed by atoms with van der Waals surface area (Å²) in [5.74, 6) is 0.652. The zero-order valence-corrected chi connectivity index (χ0v) is 10.9. The van der Waals surface area contributed by atoms with Gasteiger partial charge in [-0.05, 0) is 31.4 Å². The Kier molecular flexibility index (Phi) is 3.57. The average Bonchev–Trinajstić information content (AvgIpc) is 2.81. The minimum Gasteiger partial charge on any atom is -0.363 e. The van der Waals surface area contributed by atoms with Crippen molar-refractivity contribution in [3.63, 3.8) is 0 Å². The molecule has 0 spiro atoms. The van der Waals surface area contributed by atoms with Crippen LogP contribution in [0.2, 0.25) is 0 Å². The van der Waals surface area contributed by atoms with E-state index in [1.165, 1.54) is 10.9 Å². The Bertz CT molecular complexity index is 554. The number of aryl methyl sites for hydroxylation is 1. The molecule has 5 nitrogen and oxygen atoms in total. The van der Waals surface area contributed by atoms with Crippen LogP contribution in [0.4, 0.5) is 11.5 Å². The molecule has 0 bridgehead atoms. The van der Waals surface area contributed by atoms with E-state index < -0.39 is 4.92 Å². The molecular weight excluding hydrogens is 250 g/mol. The highest BCUT2D eigenvalue weighted by molar-refractivity contribution is 7.10. The molecule has 2 aromatic heterocycles. The Labute approximate surface area is 109 Å². The first-order valence-electron chi connectivity index (χ1n) is 5.50. The summed E-state index contributed by atoms with van der Waals surface area (Å²) in [5, 5.41) is 15.9. The largest absolute Gasteiger partial charge is 0.363 e. The number of thiophene rings is 1. The highest BCUT2D eigenvalue weighted by atomic mass is 32.1. The summed E-state index contributed by atoms with van der Waals surface area (Å²) in [5.41, 5.74) is 0.465. The summed E-state index contributed by atoms with van der Waals surface area (Å²) in [6.07, 6.45) is 0. The van der Waals surface area contributed by atoms with Gasteiger partial charge >= 0.3 is 0 Å². The molecule has 2 heterocycles. The van der Waals surface area contributed by atoms with Gasteiger partial charge in [0.25, 0.3) is 5.69 Å². The summed E-state index contributed by atoms with van der Waals surface area (Å²) >= 11 is 1.66. The van der Waals surface area contributed by atoms with Crippen molar-refractivity contribution < 1.29 is 4.92 Å². The van der Waals surface area contributed by atoms with Crippen LogP contribution in [0.15, 0.2) is 29.6 Å². The van der Waals surface area contributed by atoms with Crippen LogP contribution in [0.25, 0.3) is 0 Å². The molecule has 0 radical (unpaired) electrons. The lowest BCUT2D eigenvalue weighted by atomic mass is 10.2. The third kappa shape index (κ3) is 2.65. The number of hydrogen-bond acceptors (Lipinski definition) is 5. The Morgan fingerprint density at radius 2 is 2.22 bits per heavy atom. The van der Waals surface area contributed by atoms with Gasteiger partial charge in [0.15, 0.2) is 0 Å². The van der Waals surface area contributed by atoms with E-state index in [-0.39, 0.29) is 11.7 Å². The van der Waals surface area contributed by atoms with E-state index in [2.05, 4.69) is 10.3 Å². The van der Waals surface area contributed by atoms with E-state index in [9.17, 15) is 10.1 Å². The first kappa shape index (κ1) is 12.5. The van der Waals surface area contributed by atoms with Gasteiger partial charge in [-0.25, -0.2) is 4.98 Å². The first-order valence-corrected chi connectivity index (χ1v) is 6.38. The molecule has 0 aliphatic heterocycles. The number of rotatable bonds is 4. The van der Waals surface area contributed by atoms with Gasteiger partial charge in [0.1, 0.15) is 11.5 Å². The minimum absolute atomic E-state index is 0.0457. The van der Waals surface area contributed by atoms with Crippen molar-refractivity contribution in [2.75, 3.05) is 5.32 Å². The molecule has 18 heavy (non-hydrogen) atoms. The Balaban J connectivity index is 2.15. The topological polar surface area (TPSA) is 68.1 Å². The second-order valence-electron chi connectivity index (χ2n) is 3.94. The number of nitrogens with one attached hydrogen (secondary N) is 1. The number of nitrogens with zero attached hydrogens (tertiary/aromatic N) is 2. The maximum Gasteiger partial charge on any atom is 0.290 e. The van der Waals surface area contributed by atoms with E-state index in [0.29, 0.717) is 11.5 Å². The van der Waals surface area contributed by atoms with E-state index in [0.717, 1.165) is 0 Å². The molecule has 94 valence electrons. The van der Waals surface area contributed by atoms with Crippen molar-refractivity contribution in [3.05, 3.63) is 50.3 Å². The van der Waals surface area contributed by atoms with Gasteiger partial charge < -0.3 is 5.32 Å². The zero-order valence-electron chi connectivity index (χ0n) is 10.1. The lowest BCUT2D eigenvalue weighted by Crippen LogP contribution is -2.07. The maximum atomic E-state index is 10.7. The second kappa shape index (κ2) is 5.14. The van der Waals surface area contributed by atoms with E-state index in [1.54, 1.807) is 24.3 Å². The molecular formula is C12H13N3O2S. The van der Waals surface area contributed by atoms with Crippen LogP contribution in [-0.4, -0.2) is 9.91 Å². The van der Waals surface area contributed by atoms with Crippen molar-refractivity contribution in [2.24, 2.45) is 0 Å². The van der Waals surface area contributed by atoms with Crippen LogP contribution in [0.5, 0.6) is 0 Å². The van der Waals surface area contributed by atoms with Crippen LogP contribution in [0.1, 0.15) is 23.5 Å². The third-order valence-electron chi connectivity index (χ3n) is 2.59. The van der Waals surface area contributed by atoms with Gasteiger partial charge in [-0.15, -0.1) is 11.3 Å². The standard InChI is InChI=1S/C12H13N3O2S/c1-8-10(15(16)17)5-6-12(13-8)14-9(2)11-4-3-7-18-11/h3-7,9H,1-2H3,(H,13,14). The molecule has 1 unspecified atom stereocenters. The van der Waals surface area contributed by atoms with Gasteiger partial charge in [-0.3, -0.25) is 10.1 Å². The fourth-order valence-corrected chi connectivity index (χ4v) is 2.39. The first-order chi connectivity index (χ1) is 8.58. The predicted molar refractivity (Wildman–Crippen MR) is 72.0 cm³/mol. The lowest BCUT2D eigenvalue weighted by molar-refractivity contribution is -0.385. The molecule has 2 aromatic rings. The Morgan fingerprint density at radius 3 is 2.78 bits per heavy atom. The molecule has 6 heteroatoms. The van der Waals surface area contributed by atoms with Crippen LogP contribution in [0.3, 0.4) is 0 Å². The van der Waals surface area contributed by atoms with Crippen LogP contribution >= 0.6 is 11.3 Å². The van der Waals surface area contributed by atoms with Crippen molar-refractivity contribution >= 4 is 22.8 Å². The van der Waals surface area contributed by atoms with Crippen LogP contribution in [-0.2, 0) is 0 Å². The minimum atomic E-state index is -0.422. The molecule has 0 aromatic carbocycles. The highest BCUT2D eigenvalue weighted by Gasteiger charge is 2.13. The second-order valence-corrected chi connectivity index (χ2v) is 4.92. The Hall–Kier alpha value is -1.95. The van der Waals surface area contributed by atoms with Crippen molar-refractivity contribution in [3.8, 4) is 0 Å². The molecule has 1 atom stereocenters. The van der Waals surface area contributed by atoms with Gasteiger partial charge in [0.05, 0.1) is 11.0 Å². The molecule has 0 saturated heterocycles. The third-order valence-corrected chi connectivity index (χ3v) is 3.64. The van der Waals surface area contributed by atoms with E-state index in [4.69, 9.17) is 0 Å². The summed E-state index contributed by atoms with van der Waals surface area (Å²) in [7, 11) is 0. The Morgan fingerprint density at radius 1 is 1.44 bits per heavy atom. The van der Waals surface area contributed by atoms with Gasteiger partial charge in [-0.1, -0.05) is 6.07 Å². The predicted octanol–water partition coefficient (Wildman–Crippen LogP) is 3.53. The summed E-state index contributed by atoms with van der Waals surface area (Å²) < 4.78 is 0. The SMILES string of the molecule is Cc1nc(NC(C)c2cccs2)ccc1[N+](=O)[O-]. The molecule has 0 fully saturated rings. The van der Waals surface area contributed by atoms with Crippen molar-refractivity contribution in [1.29, 1.82) is 0 Å². The fourth-order valence-electron chi connectivity index (χ4n) is 1.66. The van der Waals surface area contributed by atoms with Crippen molar-refractivity contribution in [2.45, 2.75) is 19.9 Å². The zero-order chi connectivity index (χ0) is 13.1. The number of hydrogen-bond donors (Lipinski definition) is 1.